The van der Waals surface area contributed by atoms with Crippen molar-refractivity contribution in [2.75, 3.05) is 6.54 Å². The molecule has 3 heteroatoms. The lowest BCUT2D eigenvalue weighted by molar-refractivity contribution is 0.118. The normalized spacial score (nSPS) is 23.9. The Morgan fingerprint density at radius 2 is 2.05 bits per heavy atom. The predicted molar refractivity (Wildman–Crippen MR) is 81.8 cm³/mol. The Labute approximate surface area is 124 Å². The molecule has 1 aliphatic carbocycles. The molecule has 1 atom stereocenters. The highest BCUT2D eigenvalue weighted by atomic mass is 79.9. The molecule has 1 aromatic carbocycles. The van der Waals surface area contributed by atoms with Crippen molar-refractivity contribution in [3.05, 3.63) is 28.2 Å². The van der Waals surface area contributed by atoms with Gasteiger partial charge in [-0.2, -0.15) is 0 Å². The van der Waals surface area contributed by atoms with Gasteiger partial charge in [0.25, 0.3) is 0 Å². The first-order valence-corrected chi connectivity index (χ1v) is 8.29. The Balaban J connectivity index is 1.71. The Kier molecular flexibility index (Phi) is 4.44. The zero-order valence-electron chi connectivity index (χ0n) is 11.3. The molecule has 1 unspecified atom stereocenters. The maximum absolute atomic E-state index is 6.13. The van der Waals surface area contributed by atoms with Gasteiger partial charge in [0.1, 0.15) is 5.75 Å². The van der Waals surface area contributed by atoms with Crippen molar-refractivity contribution in [2.45, 2.75) is 57.1 Å². The highest BCUT2D eigenvalue weighted by Crippen LogP contribution is 2.30. The predicted octanol–water partition coefficient (Wildman–Crippen LogP) is 4.07. The van der Waals surface area contributed by atoms with E-state index in [0.29, 0.717) is 12.1 Å². The average Bonchev–Trinajstić information content (AvgIpc) is 2.37. The average molecular weight is 324 g/mol. The second kappa shape index (κ2) is 6.27. The van der Waals surface area contributed by atoms with Crippen LogP contribution in [0.1, 0.15) is 44.1 Å². The molecule has 0 aromatic heterocycles. The Hall–Kier alpha value is -0.540. The van der Waals surface area contributed by atoms with E-state index in [1.165, 1.54) is 44.1 Å². The van der Waals surface area contributed by atoms with Crippen molar-refractivity contribution in [1.82, 2.24) is 5.32 Å². The van der Waals surface area contributed by atoms with E-state index in [1.807, 2.05) is 0 Å². The first-order chi connectivity index (χ1) is 9.31. The lowest BCUT2D eigenvalue weighted by Gasteiger charge is -2.29. The molecule has 2 fully saturated rings. The molecule has 0 amide bonds. The van der Waals surface area contributed by atoms with E-state index in [9.17, 15) is 0 Å². The van der Waals surface area contributed by atoms with Crippen molar-refractivity contribution in [3.8, 4) is 5.75 Å². The van der Waals surface area contributed by atoms with Gasteiger partial charge in [0, 0.05) is 10.5 Å². The lowest BCUT2D eigenvalue weighted by Crippen LogP contribution is -2.35. The third-order valence-electron chi connectivity index (χ3n) is 4.25. The van der Waals surface area contributed by atoms with Crippen LogP contribution < -0.4 is 10.1 Å². The molecule has 2 nitrogen and oxygen atoms in total. The van der Waals surface area contributed by atoms with Crippen LogP contribution in [0.4, 0.5) is 0 Å². The van der Waals surface area contributed by atoms with Gasteiger partial charge in [-0.25, -0.2) is 0 Å². The van der Waals surface area contributed by atoms with Crippen LogP contribution in [0.3, 0.4) is 0 Å². The molecule has 1 aromatic rings. The highest BCUT2D eigenvalue weighted by molar-refractivity contribution is 9.10. The van der Waals surface area contributed by atoms with Crippen LogP contribution in [0.25, 0.3) is 0 Å². The number of rotatable bonds is 4. The van der Waals surface area contributed by atoms with Gasteiger partial charge in [-0.15, -0.1) is 0 Å². The molecule has 0 radical (unpaired) electrons. The molecular weight excluding hydrogens is 302 g/mol. The summed E-state index contributed by atoms with van der Waals surface area (Å²) < 4.78 is 7.28. The topological polar surface area (TPSA) is 21.3 Å². The number of hydrogen-bond donors (Lipinski definition) is 1. The van der Waals surface area contributed by atoms with Gasteiger partial charge in [-0.1, -0.05) is 22.4 Å². The summed E-state index contributed by atoms with van der Waals surface area (Å²) >= 11 is 3.58. The quantitative estimate of drug-likeness (QED) is 0.902. The zero-order chi connectivity index (χ0) is 13.1. The van der Waals surface area contributed by atoms with Crippen molar-refractivity contribution in [3.63, 3.8) is 0 Å². The van der Waals surface area contributed by atoms with E-state index in [4.69, 9.17) is 4.74 Å². The summed E-state index contributed by atoms with van der Waals surface area (Å²) in [5, 5.41) is 3.62. The van der Waals surface area contributed by atoms with E-state index in [-0.39, 0.29) is 0 Å². The molecule has 0 spiro atoms. The molecule has 1 heterocycles. The van der Waals surface area contributed by atoms with Crippen molar-refractivity contribution in [1.29, 1.82) is 0 Å². The van der Waals surface area contributed by atoms with Gasteiger partial charge in [0.15, 0.2) is 0 Å². The minimum Gasteiger partial charge on any atom is -0.490 e. The molecule has 1 saturated heterocycles. The van der Waals surface area contributed by atoms with Crippen LogP contribution >= 0.6 is 15.9 Å². The fraction of sp³-hybridized carbons (Fsp3) is 0.625. The summed E-state index contributed by atoms with van der Waals surface area (Å²) in [6, 6.07) is 7.06. The van der Waals surface area contributed by atoms with E-state index in [1.54, 1.807) is 0 Å². The van der Waals surface area contributed by atoms with Crippen LogP contribution in [0.2, 0.25) is 0 Å². The van der Waals surface area contributed by atoms with Crippen LogP contribution in [0.15, 0.2) is 22.7 Å². The molecular formula is C16H22BrNO. The maximum atomic E-state index is 6.13. The van der Waals surface area contributed by atoms with Crippen LogP contribution in [0, 0.1) is 0 Å². The number of halogens is 1. The Morgan fingerprint density at radius 1 is 1.16 bits per heavy atom. The van der Waals surface area contributed by atoms with Crippen molar-refractivity contribution >= 4 is 15.9 Å². The summed E-state index contributed by atoms with van der Waals surface area (Å²) in [6.45, 7) is 1.16. The Bertz CT molecular complexity index is 425. The SMILES string of the molecule is Brc1ccc(OC2CCC2)c(CC2CCCCN2)c1. The lowest BCUT2D eigenvalue weighted by atomic mass is 9.95. The summed E-state index contributed by atoms with van der Waals surface area (Å²) in [5.74, 6) is 1.10. The first kappa shape index (κ1) is 13.4. The third kappa shape index (κ3) is 3.51. The highest BCUT2D eigenvalue weighted by Gasteiger charge is 2.21. The first-order valence-electron chi connectivity index (χ1n) is 7.50. The van der Waals surface area contributed by atoms with Gasteiger partial charge in [0.2, 0.25) is 0 Å². The number of nitrogens with one attached hydrogen (secondary N) is 1. The fourth-order valence-electron chi connectivity index (χ4n) is 2.85. The smallest absolute Gasteiger partial charge is 0.123 e. The van der Waals surface area contributed by atoms with Gasteiger partial charge >= 0.3 is 0 Å². The number of hydrogen-bond acceptors (Lipinski definition) is 2. The van der Waals surface area contributed by atoms with Gasteiger partial charge < -0.3 is 10.1 Å². The standard InChI is InChI=1S/C16H22BrNO/c17-13-7-8-16(19-15-5-3-6-15)12(10-13)11-14-4-1-2-9-18-14/h7-8,10,14-15,18H,1-6,9,11H2. The summed E-state index contributed by atoms with van der Waals surface area (Å²) in [5.41, 5.74) is 1.35. The maximum Gasteiger partial charge on any atom is 0.123 e. The summed E-state index contributed by atoms with van der Waals surface area (Å²) in [6.07, 6.45) is 9.26. The van der Waals surface area contributed by atoms with E-state index in [0.717, 1.165) is 23.2 Å². The monoisotopic (exact) mass is 323 g/mol. The molecule has 1 N–H and O–H groups in total. The van der Waals surface area contributed by atoms with Crippen LogP contribution in [-0.2, 0) is 6.42 Å². The number of ether oxygens (including phenoxy) is 1. The van der Waals surface area contributed by atoms with Gasteiger partial charge in [-0.05, 0) is 68.8 Å². The van der Waals surface area contributed by atoms with E-state index >= 15 is 0 Å². The zero-order valence-corrected chi connectivity index (χ0v) is 12.9. The molecule has 1 aliphatic heterocycles. The fourth-order valence-corrected chi connectivity index (χ4v) is 3.26. The van der Waals surface area contributed by atoms with Crippen molar-refractivity contribution < 1.29 is 4.74 Å². The van der Waals surface area contributed by atoms with Gasteiger partial charge in [0.05, 0.1) is 6.10 Å². The minimum absolute atomic E-state index is 0.458. The largest absolute Gasteiger partial charge is 0.490 e. The third-order valence-corrected chi connectivity index (χ3v) is 4.74. The molecule has 19 heavy (non-hydrogen) atoms. The van der Waals surface area contributed by atoms with Crippen LogP contribution in [-0.4, -0.2) is 18.7 Å². The molecule has 104 valence electrons. The molecule has 2 aliphatic rings. The molecule has 0 bridgehead atoms. The summed E-state index contributed by atoms with van der Waals surface area (Å²) in [4.78, 5) is 0. The van der Waals surface area contributed by atoms with E-state index < -0.39 is 0 Å². The van der Waals surface area contributed by atoms with Gasteiger partial charge in [-0.3, -0.25) is 0 Å². The van der Waals surface area contributed by atoms with E-state index in [2.05, 4.69) is 39.4 Å². The number of piperidine rings is 1. The molecule has 1 saturated carbocycles. The minimum atomic E-state index is 0.458. The van der Waals surface area contributed by atoms with Crippen LogP contribution in [0.5, 0.6) is 5.75 Å². The number of benzene rings is 1. The molecule has 3 rings (SSSR count). The Morgan fingerprint density at radius 3 is 2.74 bits per heavy atom. The summed E-state index contributed by atoms with van der Waals surface area (Å²) in [7, 11) is 0. The second-order valence-corrected chi connectivity index (χ2v) is 6.69. The second-order valence-electron chi connectivity index (χ2n) is 5.77. The van der Waals surface area contributed by atoms with Crippen molar-refractivity contribution in [2.24, 2.45) is 0 Å².